The molecule has 1 amide bonds. The Balaban J connectivity index is 1.83. The van der Waals surface area contributed by atoms with Gasteiger partial charge in [-0.3, -0.25) is 9.59 Å². The smallest absolute Gasteiger partial charge is 0.305 e. The van der Waals surface area contributed by atoms with Crippen LogP contribution in [0.15, 0.2) is 0 Å². The normalized spacial score (nSPS) is 25.5. The van der Waals surface area contributed by atoms with Gasteiger partial charge in [0.25, 0.3) is 0 Å². The lowest BCUT2D eigenvalue weighted by molar-refractivity contribution is -0.143. The second kappa shape index (κ2) is 8.61. The van der Waals surface area contributed by atoms with Crippen molar-refractivity contribution in [3.05, 3.63) is 0 Å². The number of carboxylic acid groups (broad SMARTS) is 1. The summed E-state index contributed by atoms with van der Waals surface area (Å²) in [7, 11) is 0. The Kier molecular flexibility index (Phi) is 6.80. The monoisotopic (exact) mass is 329 g/mol. The number of carboxylic acids is 1. The largest absolute Gasteiger partial charge is 0.481 e. The molecule has 7 heteroatoms. The summed E-state index contributed by atoms with van der Waals surface area (Å²) in [6.45, 7) is 3.74. The van der Waals surface area contributed by atoms with Gasteiger partial charge in [0.15, 0.2) is 0 Å². The van der Waals surface area contributed by atoms with Gasteiger partial charge in [0.2, 0.25) is 5.91 Å². The van der Waals surface area contributed by atoms with Crippen LogP contribution in [0.1, 0.15) is 45.4 Å². The van der Waals surface area contributed by atoms with Crippen molar-refractivity contribution in [1.29, 1.82) is 0 Å². The van der Waals surface area contributed by atoms with Crippen LogP contribution in [0.3, 0.4) is 0 Å². The van der Waals surface area contributed by atoms with Crippen molar-refractivity contribution in [2.24, 2.45) is 0 Å². The van der Waals surface area contributed by atoms with Gasteiger partial charge in [-0.05, 0) is 39.0 Å². The first-order valence-electron chi connectivity index (χ1n) is 8.35. The summed E-state index contributed by atoms with van der Waals surface area (Å²) in [5.74, 6) is -1.19. The molecule has 0 aromatic carbocycles. The molecule has 0 spiro atoms. The summed E-state index contributed by atoms with van der Waals surface area (Å²) in [4.78, 5) is 23.5. The molecule has 2 heterocycles. The molecule has 0 radical (unpaired) electrons. The summed E-state index contributed by atoms with van der Waals surface area (Å²) in [5, 5.41) is 12.0. The van der Waals surface area contributed by atoms with Gasteiger partial charge in [-0.1, -0.05) is 0 Å². The zero-order valence-corrected chi connectivity index (χ0v) is 13.7. The molecule has 2 aliphatic rings. The van der Waals surface area contributed by atoms with E-state index in [0.717, 1.165) is 25.9 Å². The molecular formula is C16H27NO6. The molecule has 0 aliphatic carbocycles. The van der Waals surface area contributed by atoms with Gasteiger partial charge in [-0.25, -0.2) is 0 Å². The average molecular weight is 329 g/mol. The topological polar surface area (TPSA) is 94.1 Å². The van der Waals surface area contributed by atoms with Crippen LogP contribution in [-0.2, 0) is 23.8 Å². The first-order chi connectivity index (χ1) is 11.0. The summed E-state index contributed by atoms with van der Waals surface area (Å²) in [5.41, 5.74) is -0.736. The molecule has 7 nitrogen and oxygen atoms in total. The van der Waals surface area contributed by atoms with Crippen molar-refractivity contribution in [3.8, 4) is 0 Å². The number of carbonyl (C=O) groups excluding carboxylic acids is 1. The molecule has 2 unspecified atom stereocenters. The number of carbonyl (C=O) groups is 2. The van der Waals surface area contributed by atoms with E-state index >= 15 is 0 Å². The van der Waals surface area contributed by atoms with E-state index in [0.29, 0.717) is 32.7 Å². The minimum Gasteiger partial charge on any atom is -0.481 e. The van der Waals surface area contributed by atoms with Gasteiger partial charge >= 0.3 is 5.97 Å². The van der Waals surface area contributed by atoms with Crippen molar-refractivity contribution in [3.63, 3.8) is 0 Å². The Morgan fingerprint density at radius 3 is 2.65 bits per heavy atom. The number of hydrogen-bond acceptors (Lipinski definition) is 5. The lowest BCUT2D eigenvalue weighted by Gasteiger charge is -2.37. The van der Waals surface area contributed by atoms with Crippen LogP contribution in [-0.4, -0.2) is 61.2 Å². The molecule has 2 saturated heterocycles. The lowest BCUT2D eigenvalue weighted by atomic mass is 9.86. The molecule has 23 heavy (non-hydrogen) atoms. The van der Waals surface area contributed by atoms with E-state index in [1.807, 2.05) is 0 Å². The fourth-order valence-corrected chi connectivity index (χ4v) is 3.03. The first-order valence-corrected chi connectivity index (χ1v) is 8.35. The van der Waals surface area contributed by atoms with Gasteiger partial charge in [0.1, 0.15) is 6.10 Å². The SMILES string of the molecule is CC(OCC1CCCCO1)C(=O)NC1(CC(=O)O)CCOCC1. The first kappa shape index (κ1) is 18.2. The minimum absolute atomic E-state index is 0.0510. The van der Waals surface area contributed by atoms with Crippen molar-refractivity contribution in [2.45, 2.75) is 63.2 Å². The standard InChI is InChI=1S/C16H27NO6/c1-12(23-11-13-4-2-3-7-22-13)15(20)17-16(10-14(18)19)5-8-21-9-6-16/h12-13H,2-11H2,1H3,(H,17,20)(H,18,19). The van der Waals surface area contributed by atoms with Crippen molar-refractivity contribution in [1.82, 2.24) is 5.32 Å². The van der Waals surface area contributed by atoms with E-state index in [1.54, 1.807) is 6.92 Å². The fourth-order valence-electron chi connectivity index (χ4n) is 3.03. The summed E-state index contributed by atoms with van der Waals surface area (Å²) < 4.78 is 16.5. The Morgan fingerprint density at radius 2 is 2.04 bits per heavy atom. The molecule has 132 valence electrons. The molecule has 0 bridgehead atoms. The predicted molar refractivity (Wildman–Crippen MR) is 82.2 cm³/mol. The van der Waals surface area contributed by atoms with E-state index in [9.17, 15) is 9.59 Å². The molecule has 2 N–H and O–H groups in total. The Bertz CT molecular complexity index is 401. The molecule has 2 atom stereocenters. The third kappa shape index (κ3) is 5.75. The second-order valence-electron chi connectivity index (χ2n) is 6.42. The maximum atomic E-state index is 12.4. The maximum absolute atomic E-state index is 12.4. The number of hydrogen-bond donors (Lipinski definition) is 2. The Morgan fingerprint density at radius 1 is 1.30 bits per heavy atom. The second-order valence-corrected chi connectivity index (χ2v) is 6.42. The zero-order chi connectivity index (χ0) is 16.7. The van der Waals surface area contributed by atoms with Crippen molar-refractivity contribution >= 4 is 11.9 Å². The molecular weight excluding hydrogens is 302 g/mol. The molecule has 0 saturated carbocycles. The van der Waals surface area contributed by atoms with Gasteiger partial charge < -0.3 is 24.6 Å². The van der Waals surface area contributed by atoms with E-state index in [1.165, 1.54) is 0 Å². The van der Waals surface area contributed by atoms with Gasteiger partial charge in [0, 0.05) is 19.8 Å². The van der Waals surface area contributed by atoms with Gasteiger partial charge in [-0.2, -0.15) is 0 Å². The van der Waals surface area contributed by atoms with E-state index in [2.05, 4.69) is 5.32 Å². The highest BCUT2D eigenvalue weighted by atomic mass is 16.5. The summed E-state index contributed by atoms with van der Waals surface area (Å²) in [6.07, 6.45) is 3.48. The number of nitrogens with one attached hydrogen (secondary N) is 1. The van der Waals surface area contributed by atoms with E-state index in [-0.39, 0.29) is 18.4 Å². The maximum Gasteiger partial charge on any atom is 0.305 e. The van der Waals surface area contributed by atoms with Crippen LogP contribution < -0.4 is 5.32 Å². The molecule has 2 rings (SSSR count). The number of ether oxygens (including phenoxy) is 3. The van der Waals surface area contributed by atoms with Crippen molar-refractivity contribution < 1.29 is 28.9 Å². The quantitative estimate of drug-likeness (QED) is 0.726. The van der Waals surface area contributed by atoms with Crippen LogP contribution in [0.5, 0.6) is 0 Å². The Hall–Kier alpha value is -1.18. The molecule has 0 aromatic heterocycles. The summed E-state index contributed by atoms with van der Waals surface area (Å²) >= 11 is 0. The van der Waals surface area contributed by atoms with E-state index < -0.39 is 17.6 Å². The van der Waals surface area contributed by atoms with Crippen molar-refractivity contribution in [2.75, 3.05) is 26.4 Å². The van der Waals surface area contributed by atoms with Crippen LogP contribution in [0.2, 0.25) is 0 Å². The van der Waals surface area contributed by atoms with Crippen LogP contribution in [0.25, 0.3) is 0 Å². The van der Waals surface area contributed by atoms with Crippen LogP contribution >= 0.6 is 0 Å². The molecule has 2 aliphatic heterocycles. The highest BCUT2D eigenvalue weighted by Gasteiger charge is 2.37. The highest BCUT2D eigenvalue weighted by molar-refractivity contribution is 5.82. The average Bonchev–Trinajstić information content (AvgIpc) is 2.53. The molecule has 0 aromatic rings. The minimum atomic E-state index is -0.920. The fraction of sp³-hybridized carbons (Fsp3) is 0.875. The van der Waals surface area contributed by atoms with Gasteiger partial charge in [0.05, 0.1) is 24.7 Å². The lowest BCUT2D eigenvalue weighted by Crippen LogP contribution is -2.55. The summed E-state index contributed by atoms with van der Waals surface area (Å²) in [6, 6.07) is 0. The van der Waals surface area contributed by atoms with Gasteiger partial charge in [-0.15, -0.1) is 0 Å². The highest BCUT2D eigenvalue weighted by Crippen LogP contribution is 2.25. The molecule has 2 fully saturated rings. The zero-order valence-electron chi connectivity index (χ0n) is 13.7. The predicted octanol–water partition coefficient (Wildman–Crippen LogP) is 1.10. The number of rotatable bonds is 7. The number of aliphatic carboxylic acids is 1. The van der Waals surface area contributed by atoms with E-state index in [4.69, 9.17) is 19.3 Å². The Labute approximate surface area is 136 Å². The third-order valence-electron chi connectivity index (χ3n) is 4.50. The van der Waals surface area contributed by atoms with Crippen LogP contribution in [0, 0.1) is 0 Å². The third-order valence-corrected chi connectivity index (χ3v) is 4.50. The number of amides is 1. The van der Waals surface area contributed by atoms with Crippen LogP contribution in [0.4, 0.5) is 0 Å².